The van der Waals surface area contributed by atoms with Crippen LogP contribution in [-0.4, -0.2) is 37.5 Å². The van der Waals surface area contributed by atoms with E-state index in [4.69, 9.17) is 0 Å². The second kappa shape index (κ2) is 8.70. The Kier molecular flexibility index (Phi) is 6.35. The van der Waals surface area contributed by atoms with Crippen molar-refractivity contribution in [2.24, 2.45) is 5.92 Å². The Morgan fingerprint density at radius 3 is 3.00 bits per heavy atom. The van der Waals surface area contributed by atoms with Crippen LogP contribution >= 0.6 is 23.1 Å². The summed E-state index contributed by atoms with van der Waals surface area (Å²) in [6.45, 7) is 2.73. The van der Waals surface area contributed by atoms with E-state index in [9.17, 15) is 4.79 Å². The van der Waals surface area contributed by atoms with Gasteiger partial charge < -0.3 is 10.2 Å². The number of benzene rings is 1. The van der Waals surface area contributed by atoms with E-state index in [1.54, 1.807) is 23.1 Å². The maximum Gasteiger partial charge on any atom is 0.254 e. The molecule has 1 N–H and O–H groups in total. The molecule has 3 nitrogen and oxygen atoms in total. The smallest absolute Gasteiger partial charge is 0.254 e. The highest BCUT2D eigenvalue weighted by atomic mass is 32.2. The molecule has 0 saturated carbocycles. The summed E-state index contributed by atoms with van der Waals surface area (Å²) in [6, 6.07) is 12.3. The highest BCUT2D eigenvalue weighted by molar-refractivity contribution is 7.98. The molecule has 2 heterocycles. The lowest BCUT2D eigenvalue weighted by molar-refractivity contribution is 0.0671. The molecule has 24 heavy (non-hydrogen) atoms. The van der Waals surface area contributed by atoms with Crippen molar-refractivity contribution in [3.8, 4) is 0 Å². The van der Waals surface area contributed by atoms with Gasteiger partial charge in [-0.05, 0) is 55.9 Å². The van der Waals surface area contributed by atoms with Gasteiger partial charge in [0.15, 0.2) is 0 Å². The molecule has 1 aromatic carbocycles. The third-order valence-electron chi connectivity index (χ3n) is 4.37. The third kappa shape index (κ3) is 4.41. The minimum atomic E-state index is 0.185. The number of carbonyl (C=O) groups excluding carboxylic acids is 1. The summed E-state index contributed by atoms with van der Waals surface area (Å²) in [4.78, 5) is 17.5. The first-order valence-electron chi connectivity index (χ1n) is 8.46. The molecule has 5 heteroatoms. The SMILES string of the molecule is CNCC1CCCN(C(=O)c2ccccc2SCc2cccs2)C1. The molecule has 128 valence electrons. The molecular weight excluding hydrogens is 336 g/mol. The lowest BCUT2D eigenvalue weighted by Crippen LogP contribution is -2.42. The van der Waals surface area contributed by atoms with E-state index in [-0.39, 0.29) is 5.91 Å². The Labute approximate surface area is 152 Å². The van der Waals surface area contributed by atoms with Crippen LogP contribution in [0.4, 0.5) is 0 Å². The molecular formula is C19H24N2OS2. The normalized spacial score (nSPS) is 17.9. The Hall–Kier alpha value is -1.30. The van der Waals surface area contributed by atoms with Gasteiger partial charge >= 0.3 is 0 Å². The topological polar surface area (TPSA) is 32.3 Å². The molecule has 1 unspecified atom stereocenters. The summed E-state index contributed by atoms with van der Waals surface area (Å²) >= 11 is 3.53. The summed E-state index contributed by atoms with van der Waals surface area (Å²) < 4.78 is 0. The maximum absolute atomic E-state index is 13.0. The largest absolute Gasteiger partial charge is 0.338 e. The standard InChI is InChI=1S/C19H24N2OS2/c1-20-12-15-6-4-10-21(13-15)19(22)17-8-2-3-9-18(17)24-14-16-7-5-11-23-16/h2-3,5,7-9,11,15,20H,4,6,10,12-14H2,1H3. The van der Waals surface area contributed by atoms with Crippen LogP contribution in [0.1, 0.15) is 28.1 Å². The molecule has 0 spiro atoms. The van der Waals surface area contributed by atoms with Crippen LogP contribution in [0.15, 0.2) is 46.7 Å². The number of hydrogen-bond donors (Lipinski definition) is 1. The second-order valence-corrected chi connectivity index (χ2v) is 8.23. The van der Waals surface area contributed by atoms with Gasteiger partial charge in [0.1, 0.15) is 0 Å². The number of piperidine rings is 1. The van der Waals surface area contributed by atoms with Crippen molar-refractivity contribution in [2.75, 3.05) is 26.7 Å². The Balaban J connectivity index is 1.70. The molecule has 1 aromatic heterocycles. The van der Waals surface area contributed by atoms with Gasteiger partial charge in [0.2, 0.25) is 0 Å². The van der Waals surface area contributed by atoms with Crippen LogP contribution in [0.5, 0.6) is 0 Å². The minimum Gasteiger partial charge on any atom is -0.338 e. The van der Waals surface area contributed by atoms with Crippen molar-refractivity contribution in [3.63, 3.8) is 0 Å². The summed E-state index contributed by atoms with van der Waals surface area (Å²) in [5.74, 6) is 1.67. The van der Waals surface area contributed by atoms with Gasteiger partial charge in [-0.1, -0.05) is 18.2 Å². The van der Waals surface area contributed by atoms with Crippen LogP contribution < -0.4 is 5.32 Å². The number of nitrogens with one attached hydrogen (secondary N) is 1. The molecule has 1 fully saturated rings. The summed E-state index contributed by atoms with van der Waals surface area (Å²) in [6.07, 6.45) is 2.31. The Morgan fingerprint density at radius 2 is 2.21 bits per heavy atom. The number of rotatable bonds is 6. The van der Waals surface area contributed by atoms with Crippen molar-refractivity contribution in [1.82, 2.24) is 10.2 Å². The first-order chi connectivity index (χ1) is 11.8. The van der Waals surface area contributed by atoms with E-state index in [1.165, 1.54) is 11.3 Å². The van der Waals surface area contributed by atoms with Gasteiger partial charge in [-0.15, -0.1) is 23.1 Å². The number of likely N-dealkylation sites (tertiary alicyclic amines) is 1. The monoisotopic (exact) mass is 360 g/mol. The highest BCUT2D eigenvalue weighted by Crippen LogP contribution is 2.29. The lowest BCUT2D eigenvalue weighted by atomic mass is 9.97. The average molecular weight is 361 g/mol. The van der Waals surface area contributed by atoms with Gasteiger partial charge in [-0.25, -0.2) is 0 Å². The fourth-order valence-corrected chi connectivity index (χ4v) is 5.01. The number of thiophene rings is 1. The number of hydrogen-bond acceptors (Lipinski definition) is 4. The quantitative estimate of drug-likeness (QED) is 0.787. The first-order valence-corrected chi connectivity index (χ1v) is 10.3. The van der Waals surface area contributed by atoms with Crippen molar-refractivity contribution in [1.29, 1.82) is 0 Å². The Morgan fingerprint density at radius 1 is 1.33 bits per heavy atom. The van der Waals surface area contributed by atoms with E-state index < -0.39 is 0 Å². The molecule has 1 aliphatic rings. The summed E-state index contributed by atoms with van der Waals surface area (Å²) in [5, 5.41) is 5.34. The van der Waals surface area contributed by atoms with Crippen molar-refractivity contribution >= 4 is 29.0 Å². The van der Waals surface area contributed by atoms with Crippen LogP contribution in [0.2, 0.25) is 0 Å². The number of thioether (sulfide) groups is 1. The molecule has 0 radical (unpaired) electrons. The maximum atomic E-state index is 13.0. The van der Waals surface area contributed by atoms with E-state index in [1.807, 2.05) is 30.1 Å². The van der Waals surface area contributed by atoms with Gasteiger partial charge in [0, 0.05) is 28.6 Å². The fraction of sp³-hybridized carbons (Fsp3) is 0.421. The molecule has 1 amide bonds. The van der Waals surface area contributed by atoms with Gasteiger partial charge in [-0.2, -0.15) is 0 Å². The molecule has 0 bridgehead atoms. The zero-order valence-electron chi connectivity index (χ0n) is 14.0. The highest BCUT2D eigenvalue weighted by Gasteiger charge is 2.25. The molecule has 1 saturated heterocycles. The van der Waals surface area contributed by atoms with Gasteiger partial charge in [-0.3, -0.25) is 4.79 Å². The van der Waals surface area contributed by atoms with Crippen LogP contribution in [0.3, 0.4) is 0 Å². The van der Waals surface area contributed by atoms with E-state index in [2.05, 4.69) is 28.9 Å². The average Bonchev–Trinajstić information content (AvgIpc) is 3.14. The van der Waals surface area contributed by atoms with Gasteiger partial charge in [0.05, 0.1) is 5.56 Å². The predicted molar refractivity (Wildman–Crippen MR) is 103 cm³/mol. The van der Waals surface area contributed by atoms with E-state index >= 15 is 0 Å². The molecule has 0 aliphatic carbocycles. The first kappa shape index (κ1) is 17.5. The zero-order chi connectivity index (χ0) is 16.8. The summed E-state index contributed by atoms with van der Waals surface area (Å²) in [7, 11) is 1.98. The van der Waals surface area contributed by atoms with E-state index in [0.29, 0.717) is 5.92 Å². The molecule has 1 atom stereocenters. The van der Waals surface area contributed by atoms with E-state index in [0.717, 1.165) is 42.3 Å². The minimum absolute atomic E-state index is 0.185. The number of amides is 1. The van der Waals surface area contributed by atoms with Crippen LogP contribution in [-0.2, 0) is 5.75 Å². The van der Waals surface area contributed by atoms with Gasteiger partial charge in [0.25, 0.3) is 5.91 Å². The summed E-state index contributed by atoms with van der Waals surface area (Å²) in [5.41, 5.74) is 0.851. The third-order valence-corrected chi connectivity index (χ3v) is 6.55. The van der Waals surface area contributed by atoms with Crippen molar-refractivity contribution < 1.29 is 4.79 Å². The van der Waals surface area contributed by atoms with Crippen LogP contribution in [0.25, 0.3) is 0 Å². The predicted octanol–water partition coefficient (Wildman–Crippen LogP) is 4.11. The molecule has 1 aliphatic heterocycles. The van der Waals surface area contributed by atoms with Crippen molar-refractivity contribution in [3.05, 3.63) is 52.2 Å². The lowest BCUT2D eigenvalue weighted by Gasteiger charge is -2.33. The number of carbonyl (C=O) groups is 1. The second-order valence-electron chi connectivity index (χ2n) is 6.18. The fourth-order valence-electron chi connectivity index (χ4n) is 3.19. The van der Waals surface area contributed by atoms with Crippen molar-refractivity contribution in [2.45, 2.75) is 23.5 Å². The number of nitrogens with zero attached hydrogens (tertiary/aromatic N) is 1. The zero-order valence-corrected chi connectivity index (χ0v) is 15.7. The molecule has 3 rings (SSSR count). The Bertz CT molecular complexity index is 655. The molecule has 2 aromatic rings. The van der Waals surface area contributed by atoms with Crippen LogP contribution in [0, 0.1) is 5.92 Å².